The van der Waals surface area contributed by atoms with Gasteiger partial charge in [0.25, 0.3) is 5.91 Å². The van der Waals surface area contributed by atoms with E-state index in [1.807, 2.05) is 46.5 Å². The average Bonchev–Trinajstić information content (AvgIpc) is 3.26. The lowest BCUT2D eigenvalue weighted by Gasteiger charge is -2.27. The van der Waals surface area contributed by atoms with E-state index in [1.54, 1.807) is 11.0 Å². The smallest absolute Gasteiger partial charge is 0.265 e. The van der Waals surface area contributed by atoms with Gasteiger partial charge in [-0.2, -0.15) is 5.10 Å². The van der Waals surface area contributed by atoms with Crippen molar-refractivity contribution in [2.24, 2.45) is 0 Å². The van der Waals surface area contributed by atoms with Crippen molar-refractivity contribution in [3.8, 4) is 0 Å². The monoisotopic (exact) mass is 373 g/mol. The van der Waals surface area contributed by atoms with Crippen molar-refractivity contribution in [3.63, 3.8) is 0 Å². The van der Waals surface area contributed by atoms with Gasteiger partial charge < -0.3 is 10.0 Å². The van der Waals surface area contributed by atoms with Crippen LogP contribution < -0.4 is 0 Å². The van der Waals surface area contributed by atoms with Crippen LogP contribution in [0.2, 0.25) is 5.02 Å². The topological polar surface area (TPSA) is 58.4 Å². The number of aliphatic hydroxyl groups is 1. The Morgan fingerprint density at radius 1 is 1.24 bits per heavy atom. The Morgan fingerprint density at radius 3 is 2.76 bits per heavy atom. The number of amides is 1. The van der Waals surface area contributed by atoms with Crippen LogP contribution in [0.4, 0.5) is 0 Å². The van der Waals surface area contributed by atoms with E-state index < -0.39 is 6.10 Å². The third kappa shape index (κ3) is 3.08. The normalized spacial score (nSPS) is 15.0. The van der Waals surface area contributed by atoms with Crippen molar-refractivity contribution in [1.82, 2.24) is 14.7 Å². The molecule has 0 spiro atoms. The van der Waals surface area contributed by atoms with Crippen molar-refractivity contribution in [1.29, 1.82) is 0 Å². The highest BCUT2D eigenvalue weighted by atomic mass is 35.5. The number of aromatic nitrogens is 2. The minimum atomic E-state index is -0.768. The molecule has 0 radical (unpaired) electrons. The van der Waals surface area contributed by atoms with Gasteiger partial charge >= 0.3 is 0 Å². The first kappa shape index (κ1) is 16.3. The number of halogens is 1. The molecule has 2 aromatic heterocycles. The lowest BCUT2D eigenvalue weighted by Crippen LogP contribution is -2.38. The minimum Gasteiger partial charge on any atom is -0.382 e. The Morgan fingerprint density at radius 2 is 2.04 bits per heavy atom. The molecular formula is C18H16ClN3O2S. The molecule has 0 saturated carbocycles. The predicted molar refractivity (Wildman–Crippen MR) is 96.8 cm³/mol. The second-order valence-corrected chi connectivity index (χ2v) is 7.24. The third-order valence-electron chi connectivity index (χ3n) is 4.31. The molecule has 3 aromatic rings. The second kappa shape index (κ2) is 6.63. The fraction of sp³-hybridized carbons (Fsp3) is 0.222. The maximum absolute atomic E-state index is 12.6. The molecule has 0 saturated heterocycles. The first-order chi connectivity index (χ1) is 12.1. The summed E-state index contributed by atoms with van der Waals surface area (Å²) >= 11 is 7.43. The van der Waals surface area contributed by atoms with Crippen LogP contribution in [0, 0.1) is 0 Å². The Bertz CT molecular complexity index is 906. The van der Waals surface area contributed by atoms with E-state index in [4.69, 9.17) is 11.6 Å². The van der Waals surface area contributed by atoms with Gasteiger partial charge in [-0.3, -0.25) is 9.48 Å². The molecule has 3 heterocycles. The molecule has 1 atom stereocenters. The van der Waals surface area contributed by atoms with E-state index >= 15 is 0 Å². The molecule has 1 aliphatic heterocycles. The van der Waals surface area contributed by atoms with Gasteiger partial charge in [-0.25, -0.2) is 0 Å². The number of carbonyl (C=O) groups is 1. The summed E-state index contributed by atoms with van der Waals surface area (Å²) in [6, 6.07) is 13.0. The Balaban J connectivity index is 1.55. The van der Waals surface area contributed by atoms with Crippen LogP contribution in [-0.4, -0.2) is 32.2 Å². The van der Waals surface area contributed by atoms with Gasteiger partial charge in [-0.15, -0.1) is 11.3 Å². The maximum Gasteiger partial charge on any atom is 0.265 e. The molecule has 0 fully saturated rings. The predicted octanol–water partition coefficient (Wildman–Crippen LogP) is 3.34. The summed E-state index contributed by atoms with van der Waals surface area (Å²) in [5, 5.41) is 17.3. The van der Waals surface area contributed by atoms with E-state index in [-0.39, 0.29) is 5.91 Å². The lowest BCUT2D eigenvalue weighted by molar-refractivity contribution is 0.0711. The molecular weight excluding hydrogens is 358 g/mol. The molecule has 4 rings (SSSR count). The molecule has 1 amide bonds. The maximum atomic E-state index is 12.6. The standard InChI is InChI=1S/C18H16ClN3O2S/c19-14-6-9-25-17(14)18(24)21-7-8-22-13(11-21)10-15(20-22)16(23)12-4-2-1-3-5-12/h1-6,9-10,16,23H,7-8,11H2/t16-/m0/s1. The first-order valence-electron chi connectivity index (χ1n) is 7.95. The average molecular weight is 374 g/mol. The fourth-order valence-electron chi connectivity index (χ4n) is 2.99. The van der Waals surface area contributed by atoms with Gasteiger partial charge in [-0.05, 0) is 23.1 Å². The fourth-order valence-corrected chi connectivity index (χ4v) is 4.09. The number of carbonyl (C=O) groups excluding carboxylic acids is 1. The van der Waals surface area contributed by atoms with Crippen LogP contribution in [0.25, 0.3) is 0 Å². The van der Waals surface area contributed by atoms with Crippen LogP contribution in [0.15, 0.2) is 47.8 Å². The summed E-state index contributed by atoms with van der Waals surface area (Å²) in [6.07, 6.45) is -0.768. The molecule has 1 N–H and O–H groups in total. The van der Waals surface area contributed by atoms with Crippen molar-refractivity contribution < 1.29 is 9.90 Å². The molecule has 5 nitrogen and oxygen atoms in total. The number of aliphatic hydroxyl groups excluding tert-OH is 1. The van der Waals surface area contributed by atoms with E-state index in [9.17, 15) is 9.90 Å². The lowest BCUT2D eigenvalue weighted by atomic mass is 10.1. The molecule has 25 heavy (non-hydrogen) atoms. The number of nitrogens with zero attached hydrogens (tertiary/aromatic N) is 3. The molecule has 1 aromatic carbocycles. The van der Waals surface area contributed by atoms with Crippen LogP contribution in [-0.2, 0) is 13.1 Å². The summed E-state index contributed by atoms with van der Waals surface area (Å²) in [5.74, 6) is -0.0578. The number of fused-ring (bicyclic) bond motifs is 1. The quantitative estimate of drug-likeness (QED) is 0.766. The Hall–Kier alpha value is -2.15. The highest BCUT2D eigenvalue weighted by molar-refractivity contribution is 7.12. The molecule has 7 heteroatoms. The van der Waals surface area contributed by atoms with Gasteiger partial charge in [0.1, 0.15) is 11.0 Å². The van der Waals surface area contributed by atoms with Gasteiger partial charge in [0.15, 0.2) is 0 Å². The van der Waals surface area contributed by atoms with Crippen molar-refractivity contribution in [3.05, 3.63) is 74.7 Å². The van der Waals surface area contributed by atoms with E-state index in [0.717, 1.165) is 11.3 Å². The minimum absolute atomic E-state index is 0.0578. The number of benzene rings is 1. The van der Waals surface area contributed by atoms with Crippen LogP contribution in [0.3, 0.4) is 0 Å². The van der Waals surface area contributed by atoms with Gasteiger partial charge in [0, 0.05) is 6.54 Å². The Labute approximate surface area is 154 Å². The van der Waals surface area contributed by atoms with Crippen molar-refractivity contribution in [2.45, 2.75) is 19.2 Å². The zero-order valence-electron chi connectivity index (χ0n) is 13.3. The molecule has 0 bridgehead atoms. The number of rotatable bonds is 3. The summed E-state index contributed by atoms with van der Waals surface area (Å²) in [5.41, 5.74) is 2.32. The van der Waals surface area contributed by atoms with E-state index in [2.05, 4.69) is 5.10 Å². The SMILES string of the molecule is O=C(c1sccc1Cl)N1CCn2nc([C@@H](O)c3ccccc3)cc2C1. The van der Waals surface area contributed by atoms with E-state index in [1.165, 1.54) is 11.3 Å². The number of hydrogen-bond donors (Lipinski definition) is 1. The zero-order chi connectivity index (χ0) is 17.4. The molecule has 1 aliphatic rings. The van der Waals surface area contributed by atoms with Gasteiger partial charge in [-0.1, -0.05) is 41.9 Å². The van der Waals surface area contributed by atoms with Crippen molar-refractivity contribution >= 4 is 28.8 Å². The van der Waals surface area contributed by atoms with E-state index in [0.29, 0.717) is 35.2 Å². The Kier molecular flexibility index (Phi) is 4.33. The summed E-state index contributed by atoms with van der Waals surface area (Å²) in [4.78, 5) is 15.0. The van der Waals surface area contributed by atoms with Gasteiger partial charge in [0.05, 0.1) is 29.5 Å². The molecule has 0 aliphatic carbocycles. The van der Waals surface area contributed by atoms with Crippen LogP contribution in [0.1, 0.15) is 32.7 Å². The first-order valence-corrected chi connectivity index (χ1v) is 9.21. The highest BCUT2D eigenvalue weighted by Crippen LogP contribution is 2.27. The summed E-state index contributed by atoms with van der Waals surface area (Å²) in [7, 11) is 0. The molecule has 128 valence electrons. The van der Waals surface area contributed by atoms with Crippen LogP contribution in [0.5, 0.6) is 0 Å². The number of hydrogen-bond acceptors (Lipinski definition) is 4. The molecule has 0 unspecified atom stereocenters. The third-order valence-corrected chi connectivity index (χ3v) is 5.64. The summed E-state index contributed by atoms with van der Waals surface area (Å²) in [6.45, 7) is 1.63. The highest BCUT2D eigenvalue weighted by Gasteiger charge is 2.26. The van der Waals surface area contributed by atoms with Crippen LogP contribution >= 0.6 is 22.9 Å². The second-order valence-electron chi connectivity index (χ2n) is 5.92. The zero-order valence-corrected chi connectivity index (χ0v) is 14.9. The van der Waals surface area contributed by atoms with Crippen molar-refractivity contribution in [2.75, 3.05) is 6.54 Å². The number of thiophene rings is 1. The van der Waals surface area contributed by atoms with Gasteiger partial charge in [0.2, 0.25) is 0 Å². The summed E-state index contributed by atoms with van der Waals surface area (Å²) < 4.78 is 1.86. The largest absolute Gasteiger partial charge is 0.382 e.